The standard InChI is InChI=1S/C14H20N2O2/c1-10-6-7-13(15-8-10)16-14(17)11(2)9-18-12-4-3-5-12/h6-8,11-12H,3-5,9H2,1-2H3,(H,15,16,17). The van der Waals surface area contributed by atoms with Crippen LogP contribution in [0.4, 0.5) is 5.82 Å². The van der Waals surface area contributed by atoms with Gasteiger partial charge in [0.15, 0.2) is 0 Å². The van der Waals surface area contributed by atoms with Crippen LogP contribution < -0.4 is 5.32 Å². The van der Waals surface area contributed by atoms with E-state index in [9.17, 15) is 4.79 Å². The number of hydrogen-bond acceptors (Lipinski definition) is 3. The second-order valence-corrected chi connectivity index (χ2v) is 5.00. The number of carbonyl (C=O) groups is 1. The number of carbonyl (C=O) groups excluding carboxylic acids is 1. The molecule has 1 unspecified atom stereocenters. The number of amides is 1. The van der Waals surface area contributed by atoms with Gasteiger partial charge >= 0.3 is 0 Å². The lowest BCUT2D eigenvalue weighted by molar-refractivity contribution is -0.122. The Morgan fingerprint density at radius 3 is 2.89 bits per heavy atom. The van der Waals surface area contributed by atoms with E-state index < -0.39 is 0 Å². The zero-order valence-electron chi connectivity index (χ0n) is 11.0. The largest absolute Gasteiger partial charge is 0.377 e. The number of hydrogen-bond donors (Lipinski definition) is 1. The van der Waals surface area contributed by atoms with Gasteiger partial charge in [-0.2, -0.15) is 0 Å². The van der Waals surface area contributed by atoms with Crippen LogP contribution in [-0.4, -0.2) is 23.6 Å². The molecule has 1 fully saturated rings. The molecule has 0 bridgehead atoms. The molecular weight excluding hydrogens is 228 g/mol. The molecule has 0 aliphatic heterocycles. The fourth-order valence-electron chi connectivity index (χ4n) is 1.68. The van der Waals surface area contributed by atoms with Gasteiger partial charge < -0.3 is 10.1 Å². The number of anilines is 1. The maximum Gasteiger partial charge on any atom is 0.230 e. The van der Waals surface area contributed by atoms with Crippen LogP contribution in [-0.2, 0) is 9.53 Å². The van der Waals surface area contributed by atoms with Gasteiger partial charge in [0.1, 0.15) is 5.82 Å². The number of aryl methyl sites for hydroxylation is 1. The van der Waals surface area contributed by atoms with E-state index >= 15 is 0 Å². The SMILES string of the molecule is Cc1ccc(NC(=O)C(C)COC2CCC2)nc1. The first-order valence-corrected chi connectivity index (χ1v) is 6.50. The minimum atomic E-state index is -0.145. The van der Waals surface area contributed by atoms with Crippen LogP contribution in [0.1, 0.15) is 31.7 Å². The molecule has 1 heterocycles. The molecule has 98 valence electrons. The normalized spacial score (nSPS) is 17.0. The van der Waals surface area contributed by atoms with E-state index in [2.05, 4.69) is 10.3 Å². The maximum atomic E-state index is 11.9. The van der Waals surface area contributed by atoms with Gasteiger partial charge in [-0.05, 0) is 37.8 Å². The zero-order chi connectivity index (χ0) is 13.0. The van der Waals surface area contributed by atoms with Crippen molar-refractivity contribution in [2.75, 3.05) is 11.9 Å². The third-order valence-electron chi connectivity index (χ3n) is 3.24. The van der Waals surface area contributed by atoms with Crippen molar-refractivity contribution in [1.29, 1.82) is 0 Å². The zero-order valence-corrected chi connectivity index (χ0v) is 11.0. The van der Waals surface area contributed by atoms with Crippen molar-refractivity contribution >= 4 is 11.7 Å². The molecule has 2 rings (SSSR count). The molecule has 4 heteroatoms. The minimum absolute atomic E-state index is 0.0364. The lowest BCUT2D eigenvalue weighted by Gasteiger charge is -2.26. The third kappa shape index (κ3) is 3.53. The average molecular weight is 248 g/mol. The Hall–Kier alpha value is -1.42. The van der Waals surface area contributed by atoms with Crippen molar-refractivity contribution in [1.82, 2.24) is 4.98 Å². The van der Waals surface area contributed by atoms with Crippen LogP contribution in [0.5, 0.6) is 0 Å². The Labute approximate surface area is 108 Å². The van der Waals surface area contributed by atoms with Crippen molar-refractivity contribution < 1.29 is 9.53 Å². The predicted octanol–water partition coefficient (Wildman–Crippen LogP) is 2.53. The van der Waals surface area contributed by atoms with Gasteiger partial charge in [-0.25, -0.2) is 4.98 Å². The van der Waals surface area contributed by atoms with Crippen LogP contribution in [0.2, 0.25) is 0 Å². The van der Waals surface area contributed by atoms with E-state index in [4.69, 9.17) is 4.74 Å². The summed E-state index contributed by atoms with van der Waals surface area (Å²) in [4.78, 5) is 16.0. The summed E-state index contributed by atoms with van der Waals surface area (Å²) in [7, 11) is 0. The van der Waals surface area contributed by atoms with Crippen molar-refractivity contribution in [3.05, 3.63) is 23.9 Å². The van der Waals surface area contributed by atoms with Crippen molar-refractivity contribution in [2.45, 2.75) is 39.2 Å². The van der Waals surface area contributed by atoms with Gasteiger partial charge in [0.25, 0.3) is 0 Å². The maximum absolute atomic E-state index is 11.9. The highest BCUT2D eigenvalue weighted by Gasteiger charge is 2.21. The molecular formula is C14H20N2O2. The van der Waals surface area contributed by atoms with Gasteiger partial charge in [-0.1, -0.05) is 13.0 Å². The second kappa shape index (κ2) is 5.96. The van der Waals surface area contributed by atoms with Crippen LogP contribution in [0.15, 0.2) is 18.3 Å². The second-order valence-electron chi connectivity index (χ2n) is 5.00. The van der Waals surface area contributed by atoms with E-state index in [1.807, 2.05) is 26.0 Å². The first-order valence-electron chi connectivity index (χ1n) is 6.50. The highest BCUT2D eigenvalue weighted by atomic mass is 16.5. The topological polar surface area (TPSA) is 51.2 Å². The van der Waals surface area contributed by atoms with Crippen LogP contribution in [0.25, 0.3) is 0 Å². The molecule has 1 amide bonds. The number of aromatic nitrogens is 1. The molecule has 1 aromatic heterocycles. The molecule has 18 heavy (non-hydrogen) atoms. The molecule has 1 aromatic rings. The van der Waals surface area contributed by atoms with Gasteiger partial charge in [-0.15, -0.1) is 0 Å². The Morgan fingerprint density at radius 1 is 1.56 bits per heavy atom. The van der Waals surface area contributed by atoms with Gasteiger partial charge in [-0.3, -0.25) is 4.79 Å². The number of nitrogens with one attached hydrogen (secondary N) is 1. The Morgan fingerprint density at radius 2 is 2.33 bits per heavy atom. The summed E-state index contributed by atoms with van der Waals surface area (Å²) in [5.41, 5.74) is 1.08. The molecule has 1 aliphatic carbocycles. The van der Waals surface area contributed by atoms with E-state index in [0.29, 0.717) is 18.5 Å². The molecule has 0 spiro atoms. The molecule has 0 aromatic carbocycles. The summed E-state index contributed by atoms with van der Waals surface area (Å²) in [5, 5.41) is 2.80. The monoisotopic (exact) mass is 248 g/mol. The lowest BCUT2D eigenvalue weighted by Crippen LogP contribution is -2.29. The Bertz CT molecular complexity index is 399. The summed E-state index contributed by atoms with van der Waals surface area (Å²) < 4.78 is 5.64. The molecule has 0 saturated heterocycles. The van der Waals surface area contributed by atoms with Gasteiger partial charge in [0, 0.05) is 6.20 Å². The number of pyridine rings is 1. The van der Waals surface area contributed by atoms with Crippen LogP contribution in [0.3, 0.4) is 0 Å². The molecule has 1 aliphatic rings. The van der Waals surface area contributed by atoms with Crippen LogP contribution >= 0.6 is 0 Å². The quantitative estimate of drug-likeness (QED) is 0.871. The number of rotatable bonds is 5. The number of nitrogens with zero attached hydrogens (tertiary/aromatic N) is 1. The summed E-state index contributed by atoms with van der Waals surface area (Å²) in [6, 6.07) is 3.74. The summed E-state index contributed by atoms with van der Waals surface area (Å²) in [5.74, 6) is 0.417. The molecule has 1 N–H and O–H groups in total. The number of ether oxygens (including phenoxy) is 1. The van der Waals surface area contributed by atoms with E-state index in [0.717, 1.165) is 18.4 Å². The lowest BCUT2D eigenvalue weighted by atomic mass is 9.96. The van der Waals surface area contributed by atoms with Crippen molar-refractivity contribution in [3.63, 3.8) is 0 Å². The predicted molar refractivity (Wildman–Crippen MR) is 70.4 cm³/mol. The van der Waals surface area contributed by atoms with Gasteiger partial charge in [0.2, 0.25) is 5.91 Å². The van der Waals surface area contributed by atoms with Crippen LogP contribution in [0, 0.1) is 12.8 Å². The molecule has 1 saturated carbocycles. The molecule has 1 atom stereocenters. The minimum Gasteiger partial charge on any atom is -0.377 e. The Kier molecular flexibility index (Phi) is 4.31. The molecule has 4 nitrogen and oxygen atoms in total. The van der Waals surface area contributed by atoms with E-state index in [-0.39, 0.29) is 11.8 Å². The Balaban J connectivity index is 1.77. The smallest absolute Gasteiger partial charge is 0.230 e. The third-order valence-corrected chi connectivity index (χ3v) is 3.24. The fourth-order valence-corrected chi connectivity index (χ4v) is 1.68. The van der Waals surface area contributed by atoms with E-state index in [1.54, 1.807) is 6.20 Å². The van der Waals surface area contributed by atoms with Crippen molar-refractivity contribution in [3.8, 4) is 0 Å². The highest BCUT2D eigenvalue weighted by molar-refractivity contribution is 5.91. The van der Waals surface area contributed by atoms with Gasteiger partial charge in [0.05, 0.1) is 18.6 Å². The van der Waals surface area contributed by atoms with Crippen molar-refractivity contribution in [2.24, 2.45) is 5.92 Å². The summed E-state index contributed by atoms with van der Waals surface area (Å²) >= 11 is 0. The summed E-state index contributed by atoms with van der Waals surface area (Å²) in [6.45, 7) is 4.33. The molecule has 0 radical (unpaired) electrons. The average Bonchev–Trinajstić information content (AvgIpc) is 2.30. The fraction of sp³-hybridized carbons (Fsp3) is 0.571. The summed E-state index contributed by atoms with van der Waals surface area (Å²) in [6.07, 6.45) is 5.63. The first kappa shape index (κ1) is 13.0. The first-order chi connectivity index (χ1) is 8.65. The highest BCUT2D eigenvalue weighted by Crippen LogP contribution is 2.22. The van der Waals surface area contributed by atoms with E-state index in [1.165, 1.54) is 6.42 Å².